The van der Waals surface area contributed by atoms with Crippen LogP contribution < -0.4 is 14.9 Å². The number of benzene rings is 4. The van der Waals surface area contributed by atoms with Gasteiger partial charge in [-0.15, -0.1) is 11.8 Å². The molecule has 3 N–H and O–H groups in total. The fraction of sp³-hybridized carbons (Fsp3) is 0.211. The van der Waals surface area contributed by atoms with Gasteiger partial charge in [-0.25, -0.2) is 13.1 Å². The molecular weight excluding hydrogens is 758 g/mol. The highest BCUT2D eigenvalue weighted by Crippen LogP contribution is 2.35. The number of piperazine rings is 1. The van der Waals surface area contributed by atoms with Crippen molar-refractivity contribution in [3.05, 3.63) is 136 Å². The molecule has 2 heterocycles. The van der Waals surface area contributed by atoms with Crippen molar-refractivity contribution in [1.82, 2.24) is 14.6 Å². The molecule has 6 rings (SSSR count). The number of nitro groups is 1. The normalized spacial score (nSPS) is 13.7. The molecule has 0 saturated carbocycles. The summed E-state index contributed by atoms with van der Waals surface area (Å²) in [5.41, 5.74) is 0.832. The zero-order valence-corrected chi connectivity index (χ0v) is 30.7. The van der Waals surface area contributed by atoms with Crippen molar-refractivity contribution in [2.24, 2.45) is 0 Å². The quantitative estimate of drug-likeness (QED) is 0.0487. The number of amides is 1. The summed E-state index contributed by atoms with van der Waals surface area (Å²) < 4.78 is 69.5. The van der Waals surface area contributed by atoms with Gasteiger partial charge in [0, 0.05) is 79.0 Å². The average molecular weight is 793 g/mol. The Hall–Kier alpha value is -5.65. The van der Waals surface area contributed by atoms with Gasteiger partial charge in [0.05, 0.1) is 21.6 Å². The Morgan fingerprint density at radius 1 is 0.909 bits per heavy atom. The lowest BCUT2D eigenvalue weighted by Gasteiger charge is -2.36. The third-order valence-corrected chi connectivity index (χ3v) is 11.1. The van der Waals surface area contributed by atoms with E-state index in [1.54, 1.807) is 30.0 Å². The molecule has 4 aromatic carbocycles. The SMILES string of the molecule is O=C(NS(=O)(=O)c1ccc(NCCSc2ccccc2)c([N+](=O)[O-])c1)c1ccc(N2CCN(Cc3cc(-c4cncc(O)c4)cc(C(F)(F)F)c3)CC2)cc1. The maximum atomic E-state index is 13.8. The lowest BCUT2D eigenvalue weighted by molar-refractivity contribution is -0.384. The van der Waals surface area contributed by atoms with E-state index in [9.17, 15) is 41.6 Å². The molecule has 1 saturated heterocycles. The van der Waals surface area contributed by atoms with E-state index in [4.69, 9.17) is 0 Å². The first-order valence-corrected chi connectivity index (χ1v) is 19.4. The minimum absolute atomic E-state index is 0.0527. The minimum Gasteiger partial charge on any atom is -0.506 e. The molecule has 286 valence electrons. The number of aromatic nitrogens is 1. The fourth-order valence-electron chi connectivity index (χ4n) is 6.04. The maximum Gasteiger partial charge on any atom is 0.416 e. The third-order valence-electron chi connectivity index (χ3n) is 8.78. The van der Waals surface area contributed by atoms with Crippen LogP contribution in [-0.4, -0.2) is 72.7 Å². The van der Waals surface area contributed by atoms with E-state index in [0.29, 0.717) is 55.2 Å². The van der Waals surface area contributed by atoms with Gasteiger partial charge in [-0.3, -0.25) is 24.8 Å². The summed E-state index contributed by atoms with van der Waals surface area (Å²) in [5.74, 6) is -0.460. The van der Waals surface area contributed by atoms with Crippen molar-refractivity contribution >= 4 is 44.8 Å². The standard InChI is InChI=1S/C38H35F3N6O6S2/c39-38(40,41)30-19-26(18-28(20-30)29-21-32(48)24-42-23-29)25-45-13-15-46(16-14-45)31-8-6-27(7-9-31)37(49)44-55(52,53)34-10-11-35(36(22-34)47(50)51)43-12-17-54-33-4-2-1-3-5-33/h1-11,18-24,43,48H,12-17,25H2,(H,44,49). The molecular formula is C38H35F3N6O6S2. The zero-order valence-electron chi connectivity index (χ0n) is 29.1. The summed E-state index contributed by atoms with van der Waals surface area (Å²) in [6.07, 6.45) is -1.96. The number of sulfonamides is 1. The number of pyridine rings is 1. The Bertz CT molecular complexity index is 2270. The predicted molar refractivity (Wildman–Crippen MR) is 204 cm³/mol. The number of halogens is 3. The summed E-state index contributed by atoms with van der Waals surface area (Å²) in [6.45, 7) is 2.80. The zero-order chi connectivity index (χ0) is 39.2. The molecule has 0 spiro atoms. The molecule has 0 bridgehead atoms. The summed E-state index contributed by atoms with van der Waals surface area (Å²) in [5, 5.41) is 24.6. The summed E-state index contributed by atoms with van der Waals surface area (Å²) >= 11 is 1.56. The van der Waals surface area contributed by atoms with Crippen molar-refractivity contribution in [1.29, 1.82) is 0 Å². The van der Waals surface area contributed by atoms with Gasteiger partial charge in [0.25, 0.3) is 21.6 Å². The summed E-state index contributed by atoms with van der Waals surface area (Å²) in [6, 6.07) is 24.5. The molecule has 0 atom stereocenters. The van der Waals surface area contributed by atoms with Gasteiger partial charge in [-0.1, -0.05) is 18.2 Å². The molecule has 0 radical (unpaired) electrons. The number of rotatable bonds is 13. The number of anilines is 2. The second kappa shape index (κ2) is 16.8. The van der Waals surface area contributed by atoms with E-state index in [1.807, 2.05) is 44.9 Å². The first-order valence-electron chi connectivity index (χ1n) is 17.0. The van der Waals surface area contributed by atoms with E-state index < -0.39 is 43.2 Å². The van der Waals surface area contributed by atoms with Gasteiger partial charge < -0.3 is 15.3 Å². The largest absolute Gasteiger partial charge is 0.506 e. The molecule has 1 aromatic heterocycles. The van der Waals surface area contributed by atoms with Crippen molar-refractivity contribution in [2.75, 3.05) is 48.7 Å². The van der Waals surface area contributed by atoms with Crippen LogP contribution in [0.4, 0.5) is 30.2 Å². The van der Waals surface area contributed by atoms with Crippen LogP contribution in [-0.2, 0) is 22.7 Å². The minimum atomic E-state index is -4.56. The number of alkyl halides is 3. The van der Waals surface area contributed by atoms with Crippen LogP contribution in [0, 0.1) is 10.1 Å². The topological polar surface area (TPSA) is 158 Å². The van der Waals surface area contributed by atoms with Crippen LogP contribution >= 0.6 is 11.8 Å². The smallest absolute Gasteiger partial charge is 0.416 e. The number of hydrogen-bond donors (Lipinski definition) is 3. The van der Waals surface area contributed by atoms with Crippen LogP contribution in [0.3, 0.4) is 0 Å². The Labute approximate surface area is 319 Å². The van der Waals surface area contributed by atoms with Crippen LogP contribution in [0.1, 0.15) is 21.5 Å². The Morgan fingerprint density at radius 3 is 2.31 bits per heavy atom. The number of carbonyl (C=O) groups is 1. The molecule has 5 aromatic rings. The van der Waals surface area contributed by atoms with E-state index in [2.05, 4.69) is 10.3 Å². The first kappa shape index (κ1) is 39.1. The van der Waals surface area contributed by atoms with Crippen molar-refractivity contribution in [2.45, 2.75) is 22.5 Å². The Balaban J connectivity index is 1.04. The molecule has 55 heavy (non-hydrogen) atoms. The number of carbonyl (C=O) groups excluding carboxylic acids is 1. The fourth-order valence-corrected chi connectivity index (χ4v) is 7.82. The molecule has 1 fully saturated rings. The molecule has 1 aliphatic rings. The average Bonchev–Trinajstić information content (AvgIpc) is 3.16. The van der Waals surface area contributed by atoms with E-state index >= 15 is 0 Å². The van der Waals surface area contributed by atoms with Gasteiger partial charge in [-0.2, -0.15) is 13.2 Å². The molecule has 1 aliphatic heterocycles. The highest BCUT2D eigenvalue weighted by atomic mass is 32.2. The second-order valence-corrected chi connectivity index (χ2v) is 15.5. The lowest BCUT2D eigenvalue weighted by Crippen LogP contribution is -2.46. The molecule has 0 unspecified atom stereocenters. The predicted octanol–water partition coefficient (Wildman–Crippen LogP) is 7.03. The first-order chi connectivity index (χ1) is 26.2. The van der Waals surface area contributed by atoms with Gasteiger partial charge in [-0.05, 0) is 83.9 Å². The van der Waals surface area contributed by atoms with E-state index in [0.717, 1.165) is 28.8 Å². The Kier molecular flexibility index (Phi) is 11.9. The third kappa shape index (κ3) is 10.1. The van der Waals surface area contributed by atoms with Crippen LogP contribution in [0.5, 0.6) is 5.75 Å². The van der Waals surface area contributed by atoms with E-state index in [-0.39, 0.29) is 23.5 Å². The molecule has 1 amide bonds. The number of nitrogens with zero attached hydrogens (tertiary/aromatic N) is 4. The number of aromatic hydroxyl groups is 1. The highest BCUT2D eigenvalue weighted by Gasteiger charge is 2.32. The summed E-state index contributed by atoms with van der Waals surface area (Å²) in [4.78, 5) is 32.7. The van der Waals surface area contributed by atoms with Crippen LogP contribution in [0.15, 0.2) is 119 Å². The van der Waals surface area contributed by atoms with Gasteiger partial charge >= 0.3 is 6.18 Å². The van der Waals surface area contributed by atoms with Gasteiger partial charge in [0.2, 0.25) is 0 Å². The van der Waals surface area contributed by atoms with Gasteiger partial charge in [0.1, 0.15) is 11.4 Å². The Morgan fingerprint density at radius 2 is 1.64 bits per heavy atom. The van der Waals surface area contributed by atoms with Crippen molar-refractivity contribution in [3.63, 3.8) is 0 Å². The monoisotopic (exact) mass is 792 g/mol. The summed E-state index contributed by atoms with van der Waals surface area (Å²) in [7, 11) is -4.46. The molecule has 12 nitrogen and oxygen atoms in total. The number of hydrogen-bond acceptors (Lipinski definition) is 11. The number of nitro benzene ring substituents is 1. The van der Waals surface area contributed by atoms with E-state index in [1.165, 1.54) is 42.7 Å². The molecule has 17 heteroatoms. The highest BCUT2D eigenvalue weighted by molar-refractivity contribution is 7.99. The van der Waals surface area contributed by atoms with Crippen molar-refractivity contribution in [3.8, 4) is 16.9 Å². The van der Waals surface area contributed by atoms with Gasteiger partial charge in [0.15, 0.2) is 0 Å². The number of nitrogens with one attached hydrogen (secondary N) is 2. The van der Waals surface area contributed by atoms with Crippen LogP contribution in [0.2, 0.25) is 0 Å². The second-order valence-electron chi connectivity index (χ2n) is 12.6. The number of thioether (sulfide) groups is 1. The molecule has 0 aliphatic carbocycles. The van der Waals surface area contributed by atoms with Crippen LogP contribution in [0.25, 0.3) is 11.1 Å². The van der Waals surface area contributed by atoms with Crippen molar-refractivity contribution < 1.29 is 36.4 Å². The maximum absolute atomic E-state index is 13.8. The lowest BCUT2D eigenvalue weighted by atomic mass is 10.00.